The lowest BCUT2D eigenvalue weighted by Crippen LogP contribution is -2.48. The van der Waals surface area contributed by atoms with Gasteiger partial charge in [-0.2, -0.15) is 0 Å². The zero-order chi connectivity index (χ0) is 20.3. The average molecular weight is 392 g/mol. The third kappa shape index (κ3) is 4.44. The Hall–Kier alpha value is -2.82. The molecule has 2 amide bonds. The van der Waals surface area contributed by atoms with Crippen LogP contribution in [0, 0.1) is 5.41 Å². The maximum absolute atomic E-state index is 12.8. The maximum Gasteiger partial charge on any atom is 0.263 e. The lowest BCUT2D eigenvalue weighted by Gasteiger charge is -2.39. The van der Waals surface area contributed by atoms with Crippen LogP contribution in [0.15, 0.2) is 60.7 Å². The van der Waals surface area contributed by atoms with Crippen molar-refractivity contribution < 1.29 is 14.3 Å². The third-order valence-electron chi connectivity index (χ3n) is 6.16. The number of benzene rings is 2. The van der Waals surface area contributed by atoms with Gasteiger partial charge in [0, 0.05) is 38.0 Å². The van der Waals surface area contributed by atoms with Gasteiger partial charge >= 0.3 is 0 Å². The van der Waals surface area contributed by atoms with Gasteiger partial charge in [0.05, 0.1) is 0 Å². The topological polar surface area (TPSA) is 49.9 Å². The van der Waals surface area contributed by atoms with E-state index in [-0.39, 0.29) is 17.2 Å². The highest BCUT2D eigenvalue weighted by Gasteiger charge is 2.45. The smallest absolute Gasteiger partial charge is 0.263 e. The van der Waals surface area contributed by atoms with Gasteiger partial charge in [0.25, 0.3) is 5.91 Å². The Bertz CT molecular complexity index is 845. The van der Waals surface area contributed by atoms with Crippen LogP contribution in [0.1, 0.15) is 31.7 Å². The van der Waals surface area contributed by atoms with Crippen molar-refractivity contribution >= 4 is 11.8 Å². The largest absolute Gasteiger partial charge is 0.481 e. The van der Waals surface area contributed by atoms with E-state index in [2.05, 4.69) is 12.1 Å². The van der Waals surface area contributed by atoms with E-state index < -0.39 is 6.10 Å². The summed E-state index contributed by atoms with van der Waals surface area (Å²) in [5.41, 5.74) is 1.17. The molecule has 1 atom stereocenters. The van der Waals surface area contributed by atoms with Crippen LogP contribution in [0.5, 0.6) is 5.75 Å². The first-order valence-electron chi connectivity index (χ1n) is 10.4. The minimum absolute atomic E-state index is 0.00612. The number of ether oxygens (including phenoxy) is 1. The number of likely N-dealkylation sites (tertiary alicyclic amines) is 2. The summed E-state index contributed by atoms with van der Waals surface area (Å²) in [7, 11) is 0. The Morgan fingerprint density at radius 1 is 1.03 bits per heavy atom. The molecule has 2 aliphatic heterocycles. The number of hydrogen-bond donors (Lipinski definition) is 0. The molecule has 0 aliphatic carbocycles. The number of rotatable bonds is 5. The summed E-state index contributed by atoms with van der Waals surface area (Å²) in [6.45, 7) is 4.65. The summed E-state index contributed by atoms with van der Waals surface area (Å²) in [6.07, 6.45) is 1.82. The molecule has 2 aliphatic rings. The van der Waals surface area contributed by atoms with Crippen molar-refractivity contribution in [3.63, 3.8) is 0 Å². The van der Waals surface area contributed by atoms with E-state index in [9.17, 15) is 9.59 Å². The van der Waals surface area contributed by atoms with Crippen molar-refractivity contribution in [3.05, 3.63) is 66.2 Å². The molecule has 0 bridgehead atoms. The van der Waals surface area contributed by atoms with Crippen LogP contribution in [0.3, 0.4) is 0 Å². The summed E-state index contributed by atoms with van der Waals surface area (Å²) in [5.74, 6) is 0.961. The Labute approximate surface area is 172 Å². The molecule has 29 heavy (non-hydrogen) atoms. The van der Waals surface area contributed by atoms with Gasteiger partial charge in [-0.25, -0.2) is 0 Å². The number of nitrogens with zero attached hydrogens (tertiary/aromatic N) is 2. The second-order valence-corrected chi connectivity index (χ2v) is 8.31. The molecule has 2 saturated heterocycles. The Balaban J connectivity index is 1.32. The van der Waals surface area contributed by atoms with Crippen molar-refractivity contribution in [2.24, 2.45) is 5.41 Å². The van der Waals surface area contributed by atoms with Gasteiger partial charge in [-0.3, -0.25) is 9.59 Å². The van der Waals surface area contributed by atoms with Gasteiger partial charge in [0.15, 0.2) is 6.10 Å². The molecule has 1 spiro atoms. The van der Waals surface area contributed by atoms with Crippen molar-refractivity contribution in [1.82, 2.24) is 9.80 Å². The number of piperidine rings is 1. The molecule has 0 saturated carbocycles. The number of hydrogen-bond acceptors (Lipinski definition) is 3. The van der Waals surface area contributed by atoms with E-state index >= 15 is 0 Å². The summed E-state index contributed by atoms with van der Waals surface area (Å²) in [4.78, 5) is 29.3. The highest BCUT2D eigenvalue weighted by atomic mass is 16.5. The van der Waals surface area contributed by atoms with E-state index in [1.54, 1.807) is 6.92 Å². The second kappa shape index (κ2) is 8.27. The molecule has 0 aromatic heterocycles. The average Bonchev–Trinajstić information content (AvgIpc) is 3.04. The van der Waals surface area contributed by atoms with Crippen molar-refractivity contribution in [3.8, 4) is 5.75 Å². The number of para-hydroxylation sites is 1. The molecule has 5 nitrogen and oxygen atoms in total. The highest BCUT2D eigenvalue weighted by molar-refractivity contribution is 5.81. The highest BCUT2D eigenvalue weighted by Crippen LogP contribution is 2.41. The first-order chi connectivity index (χ1) is 14.0. The van der Waals surface area contributed by atoms with Gasteiger partial charge in [-0.1, -0.05) is 48.5 Å². The zero-order valence-corrected chi connectivity index (χ0v) is 16.9. The predicted molar refractivity (Wildman–Crippen MR) is 111 cm³/mol. The molecule has 2 aromatic carbocycles. The molecule has 2 aromatic rings. The van der Waals surface area contributed by atoms with Crippen LogP contribution in [0.25, 0.3) is 0 Å². The summed E-state index contributed by atoms with van der Waals surface area (Å²) < 4.78 is 5.79. The van der Waals surface area contributed by atoms with Crippen LogP contribution in [0.2, 0.25) is 0 Å². The molecule has 0 unspecified atom stereocenters. The number of carbonyl (C=O) groups excluding carboxylic acids is 2. The predicted octanol–water partition coefficient (Wildman–Crippen LogP) is 3.50. The van der Waals surface area contributed by atoms with E-state index in [1.165, 1.54) is 0 Å². The molecular formula is C24H28N2O3. The molecular weight excluding hydrogens is 364 g/mol. The lowest BCUT2D eigenvalue weighted by atomic mass is 9.77. The van der Waals surface area contributed by atoms with Crippen LogP contribution in [-0.4, -0.2) is 47.4 Å². The molecule has 0 radical (unpaired) electrons. The van der Waals surface area contributed by atoms with Crippen LogP contribution < -0.4 is 4.74 Å². The lowest BCUT2D eigenvalue weighted by molar-refractivity contribution is -0.140. The van der Waals surface area contributed by atoms with E-state index in [4.69, 9.17) is 4.74 Å². The minimum atomic E-state index is -0.508. The SMILES string of the molecule is C[C@@H](Oc1ccccc1)C(=O)N1CCC2(CC1)CC(=O)N(Cc1ccccc1)C2. The van der Waals surface area contributed by atoms with Crippen LogP contribution in [-0.2, 0) is 16.1 Å². The fourth-order valence-corrected chi connectivity index (χ4v) is 4.48. The van der Waals surface area contributed by atoms with E-state index in [0.717, 1.165) is 24.9 Å². The Morgan fingerprint density at radius 3 is 2.31 bits per heavy atom. The van der Waals surface area contributed by atoms with Crippen molar-refractivity contribution in [2.75, 3.05) is 19.6 Å². The zero-order valence-electron chi connectivity index (χ0n) is 16.9. The van der Waals surface area contributed by atoms with Gasteiger partial charge in [-0.15, -0.1) is 0 Å². The van der Waals surface area contributed by atoms with Gasteiger partial charge in [0.1, 0.15) is 5.75 Å². The fourth-order valence-electron chi connectivity index (χ4n) is 4.48. The normalized spacial score (nSPS) is 19.4. The summed E-state index contributed by atoms with van der Waals surface area (Å²) in [6, 6.07) is 19.6. The molecule has 2 fully saturated rings. The van der Waals surface area contributed by atoms with Crippen molar-refractivity contribution in [2.45, 2.75) is 38.8 Å². The molecule has 4 rings (SSSR count). The number of amides is 2. The van der Waals surface area contributed by atoms with Crippen LogP contribution in [0.4, 0.5) is 0 Å². The first-order valence-corrected chi connectivity index (χ1v) is 10.4. The maximum atomic E-state index is 12.8. The van der Waals surface area contributed by atoms with E-state index in [1.807, 2.05) is 58.3 Å². The molecule has 2 heterocycles. The van der Waals surface area contributed by atoms with Crippen molar-refractivity contribution in [1.29, 1.82) is 0 Å². The third-order valence-corrected chi connectivity index (χ3v) is 6.16. The second-order valence-electron chi connectivity index (χ2n) is 8.31. The van der Waals surface area contributed by atoms with Crippen LogP contribution >= 0.6 is 0 Å². The fraction of sp³-hybridized carbons (Fsp3) is 0.417. The first kappa shape index (κ1) is 19.5. The Kier molecular flexibility index (Phi) is 5.56. The number of carbonyl (C=O) groups is 2. The summed E-state index contributed by atoms with van der Waals surface area (Å²) in [5, 5.41) is 0. The van der Waals surface area contributed by atoms with Gasteiger partial charge < -0.3 is 14.5 Å². The molecule has 5 heteroatoms. The monoisotopic (exact) mass is 392 g/mol. The minimum Gasteiger partial charge on any atom is -0.481 e. The molecule has 152 valence electrons. The van der Waals surface area contributed by atoms with Gasteiger partial charge in [-0.05, 0) is 37.5 Å². The molecule has 0 N–H and O–H groups in total. The van der Waals surface area contributed by atoms with Gasteiger partial charge in [0.2, 0.25) is 5.91 Å². The quantitative estimate of drug-likeness (QED) is 0.783. The summed E-state index contributed by atoms with van der Waals surface area (Å²) >= 11 is 0. The van der Waals surface area contributed by atoms with E-state index in [0.29, 0.717) is 31.8 Å². The Morgan fingerprint density at radius 2 is 1.66 bits per heavy atom. The standard InChI is InChI=1S/C24H28N2O3/c1-19(29-21-10-6-3-7-11-21)23(28)25-14-12-24(13-15-25)16-22(27)26(18-24)17-20-8-4-2-5-9-20/h2-11,19H,12-18H2,1H3/t19-/m1/s1.